The minimum atomic E-state index is -0.173. The molecule has 1 aromatic rings. The Hall–Kier alpha value is -1.55. The largest absolute Gasteiger partial charge is 0.497 e. The van der Waals surface area contributed by atoms with E-state index < -0.39 is 0 Å². The zero-order valence-corrected chi connectivity index (χ0v) is 12.5. The summed E-state index contributed by atoms with van der Waals surface area (Å²) in [6, 6.07) is 7.95. The first-order valence-electron chi connectivity index (χ1n) is 6.55. The molecule has 0 heterocycles. The van der Waals surface area contributed by atoms with Crippen LogP contribution in [-0.2, 0) is 11.3 Å². The second kappa shape index (κ2) is 6.57. The second-order valence-corrected chi connectivity index (χ2v) is 5.96. The third-order valence-electron chi connectivity index (χ3n) is 2.62. The van der Waals surface area contributed by atoms with Gasteiger partial charge in [0.05, 0.1) is 14.2 Å². The van der Waals surface area contributed by atoms with Crippen molar-refractivity contribution in [3.63, 3.8) is 0 Å². The minimum absolute atomic E-state index is 0.0768. The molecule has 19 heavy (non-hydrogen) atoms. The lowest BCUT2D eigenvalue weighted by Gasteiger charge is -2.22. The van der Waals surface area contributed by atoms with E-state index in [4.69, 9.17) is 4.74 Å². The lowest BCUT2D eigenvalue weighted by atomic mass is 10.1. The number of hydrogen-bond acceptors (Lipinski definition) is 2. The molecule has 2 N–H and O–H groups in total. The zero-order chi connectivity index (χ0) is 14.5. The van der Waals surface area contributed by atoms with E-state index in [0.29, 0.717) is 6.54 Å². The Kier molecular flexibility index (Phi) is 5.36. The molecule has 0 aliphatic carbocycles. The summed E-state index contributed by atoms with van der Waals surface area (Å²) < 4.78 is 5.19. The summed E-state index contributed by atoms with van der Waals surface area (Å²) in [4.78, 5) is 13.0. The molecule has 4 nitrogen and oxygen atoms in total. The Morgan fingerprint density at radius 2 is 2.05 bits per heavy atom. The summed E-state index contributed by atoms with van der Waals surface area (Å²) in [5.41, 5.74) is 0.994. The van der Waals surface area contributed by atoms with Crippen LogP contribution in [0.2, 0.25) is 0 Å². The van der Waals surface area contributed by atoms with Crippen LogP contribution in [0.5, 0.6) is 5.75 Å². The highest BCUT2D eigenvalue weighted by molar-refractivity contribution is 5.77. The third-order valence-corrected chi connectivity index (χ3v) is 2.62. The minimum Gasteiger partial charge on any atom is -0.497 e. The summed E-state index contributed by atoms with van der Waals surface area (Å²) >= 11 is 0. The van der Waals surface area contributed by atoms with Gasteiger partial charge >= 0.3 is 0 Å². The molecular formula is C15H25N2O2+. The number of carbonyl (C=O) groups is 1. The Balaban J connectivity index is 2.50. The van der Waals surface area contributed by atoms with Gasteiger partial charge in [-0.3, -0.25) is 4.79 Å². The third kappa shape index (κ3) is 6.25. The van der Waals surface area contributed by atoms with Crippen molar-refractivity contribution in [1.82, 2.24) is 5.32 Å². The maximum atomic E-state index is 11.8. The maximum absolute atomic E-state index is 11.8. The number of hydrogen-bond donors (Lipinski definition) is 2. The molecule has 1 amide bonds. The number of ether oxygens (including phenoxy) is 1. The van der Waals surface area contributed by atoms with E-state index >= 15 is 0 Å². The highest BCUT2D eigenvalue weighted by Gasteiger charge is 2.17. The molecule has 0 aromatic heterocycles. The average Bonchev–Trinajstić information content (AvgIpc) is 2.26. The van der Waals surface area contributed by atoms with Crippen LogP contribution in [0.4, 0.5) is 0 Å². The first-order chi connectivity index (χ1) is 8.80. The number of benzene rings is 1. The van der Waals surface area contributed by atoms with Crippen LogP contribution >= 0.6 is 0 Å². The van der Waals surface area contributed by atoms with Gasteiger partial charge in [0.1, 0.15) is 12.3 Å². The van der Waals surface area contributed by atoms with Gasteiger partial charge in [0.15, 0.2) is 6.54 Å². The summed E-state index contributed by atoms with van der Waals surface area (Å²) in [5, 5.41) is 2.97. The number of methoxy groups -OCH3 is 1. The predicted molar refractivity (Wildman–Crippen MR) is 76.3 cm³/mol. The normalized spacial score (nSPS) is 12.9. The van der Waals surface area contributed by atoms with Gasteiger partial charge in [0.2, 0.25) is 0 Å². The topological polar surface area (TPSA) is 42.8 Å². The van der Waals surface area contributed by atoms with Crippen molar-refractivity contribution >= 4 is 5.91 Å². The molecule has 0 spiro atoms. The molecule has 0 saturated heterocycles. The molecule has 0 aliphatic rings. The van der Waals surface area contributed by atoms with Crippen LogP contribution in [0.25, 0.3) is 0 Å². The van der Waals surface area contributed by atoms with Gasteiger partial charge in [-0.05, 0) is 32.9 Å². The van der Waals surface area contributed by atoms with Crippen molar-refractivity contribution in [2.75, 3.05) is 20.7 Å². The Morgan fingerprint density at radius 1 is 1.37 bits per heavy atom. The summed E-state index contributed by atoms with van der Waals surface area (Å²) in [5.74, 6) is 0.928. The maximum Gasteiger partial charge on any atom is 0.275 e. The number of amides is 1. The van der Waals surface area contributed by atoms with Gasteiger partial charge in [-0.25, -0.2) is 0 Å². The van der Waals surface area contributed by atoms with Gasteiger partial charge in [-0.1, -0.05) is 12.1 Å². The fourth-order valence-corrected chi connectivity index (χ4v) is 1.93. The van der Waals surface area contributed by atoms with Crippen LogP contribution in [0.1, 0.15) is 26.3 Å². The van der Waals surface area contributed by atoms with Crippen LogP contribution in [0.15, 0.2) is 24.3 Å². The van der Waals surface area contributed by atoms with Gasteiger partial charge in [0.25, 0.3) is 5.91 Å². The average molecular weight is 265 g/mol. The van der Waals surface area contributed by atoms with Gasteiger partial charge < -0.3 is 15.0 Å². The second-order valence-electron chi connectivity index (χ2n) is 5.96. The van der Waals surface area contributed by atoms with Crippen molar-refractivity contribution < 1.29 is 14.4 Å². The molecule has 0 fully saturated rings. The van der Waals surface area contributed by atoms with E-state index in [9.17, 15) is 4.79 Å². The molecule has 0 radical (unpaired) electrons. The molecule has 0 bridgehead atoms. The summed E-state index contributed by atoms with van der Waals surface area (Å²) in [6.45, 7) is 7.23. The zero-order valence-electron chi connectivity index (χ0n) is 12.5. The summed E-state index contributed by atoms with van der Waals surface area (Å²) in [6.07, 6.45) is 0. The van der Waals surface area contributed by atoms with Crippen LogP contribution in [-0.4, -0.2) is 32.1 Å². The first-order valence-corrected chi connectivity index (χ1v) is 6.55. The molecule has 1 aromatic carbocycles. The van der Waals surface area contributed by atoms with Gasteiger partial charge in [-0.2, -0.15) is 0 Å². The van der Waals surface area contributed by atoms with Crippen LogP contribution in [0.3, 0.4) is 0 Å². The van der Waals surface area contributed by atoms with Gasteiger partial charge in [0, 0.05) is 11.1 Å². The van der Waals surface area contributed by atoms with Crippen LogP contribution in [0, 0.1) is 0 Å². The molecule has 1 atom stereocenters. The Morgan fingerprint density at radius 3 is 2.63 bits per heavy atom. The molecule has 1 rings (SSSR count). The van der Waals surface area contributed by atoms with E-state index in [1.165, 1.54) is 5.56 Å². The number of carbonyl (C=O) groups excluding carboxylic acids is 1. The highest BCUT2D eigenvalue weighted by Crippen LogP contribution is 2.11. The van der Waals surface area contributed by atoms with E-state index in [1.807, 2.05) is 52.1 Å². The quantitative estimate of drug-likeness (QED) is 0.820. The van der Waals surface area contributed by atoms with Crippen LogP contribution < -0.4 is 15.0 Å². The fraction of sp³-hybridized carbons (Fsp3) is 0.533. The molecule has 0 aliphatic heterocycles. The fourth-order valence-electron chi connectivity index (χ4n) is 1.93. The van der Waals surface area contributed by atoms with E-state index in [1.54, 1.807) is 7.11 Å². The Bertz CT molecular complexity index is 424. The molecule has 1 unspecified atom stereocenters. The lowest BCUT2D eigenvalue weighted by molar-refractivity contribution is -0.885. The van der Waals surface area contributed by atoms with E-state index in [2.05, 4.69) is 5.32 Å². The van der Waals surface area contributed by atoms with Crippen molar-refractivity contribution in [3.8, 4) is 5.75 Å². The SMILES string of the molecule is COc1cccc(C[NH+](C)CC(=O)NC(C)(C)C)c1. The predicted octanol–water partition coefficient (Wildman–Crippen LogP) is 0.625. The van der Waals surface area contributed by atoms with E-state index in [-0.39, 0.29) is 11.4 Å². The van der Waals surface area contributed by atoms with Crippen molar-refractivity contribution in [2.24, 2.45) is 0 Å². The number of rotatable bonds is 5. The molecule has 106 valence electrons. The molecular weight excluding hydrogens is 240 g/mol. The summed E-state index contributed by atoms with van der Waals surface area (Å²) in [7, 11) is 3.67. The number of likely N-dealkylation sites (N-methyl/N-ethyl adjacent to an activating group) is 1. The number of nitrogens with one attached hydrogen (secondary N) is 2. The van der Waals surface area contributed by atoms with Crippen molar-refractivity contribution in [1.29, 1.82) is 0 Å². The van der Waals surface area contributed by atoms with E-state index in [0.717, 1.165) is 17.2 Å². The van der Waals surface area contributed by atoms with Gasteiger partial charge in [-0.15, -0.1) is 0 Å². The standard InChI is InChI=1S/C15H24N2O2/c1-15(2,3)16-14(18)11-17(4)10-12-7-6-8-13(9-12)19-5/h6-9H,10-11H2,1-5H3,(H,16,18)/p+1. The number of quaternary nitrogens is 1. The highest BCUT2D eigenvalue weighted by atomic mass is 16.5. The molecule has 0 saturated carbocycles. The monoisotopic (exact) mass is 265 g/mol. The smallest absolute Gasteiger partial charge is 0.275 e. The van der Waals surface area contributed by atoms with Crippen molar-refractivity contribution in [3.05, 3.63) is 29.8 Å². The molecule has 4 heteroatoms. The van der Waals surface area contributed by atoms with Crippen molar-refractivity contribution in [2.45, 2.75) is 32.9 Å². The Labute approximate surface area is 115 Å². The lowest BCUT2D eigenvalue weighted by Crippen LogP contribution is -3.09. The first kappa shape index (κ1) is 15.5.